The topological polar surface area (TPSA) is 55.5 Å². The van der Waals surface area contributed by atoms with Crippen molar-refractivity contribution in [2.45, 2.75) is 39.5 Å². The number of rotatable bonds is 9. The van der Waals surface area contributed by atoms with Gasteiger partial charge in [-0.25, -0.2) is 0 Å². The summed E-state index contributed by atoms with van der Waals surface area (Å²) in [4.78, 5) is 3.44. The highest BCUT2D eigenvalue weighted by atomic mass is 16.5. The lowest BCUT2D eigenvalue weighted by Gasteiger charge is -2.19. The molecule has 0 saturated carbocycles. The minimum atomic E-state index is 0.142. The maximum atomic E-state index is 6.11. The van der Waals surface area contributed by atoms with Gasteiger partial charge in [0.25, 0.3) is 0 Å². The molecule has 0 amide bonds. The number of fused-ring (bicyclic) bond motifs is 1. The maximum absolute atomic E-state index is 6.11. The number of hydrogen-bond donors (Lipinski definition) is 2. The minimum Gasteiger partial charge on any atom is -0.497 e. The van der Waals surface area contributed by atoms with E-state index in [0.717, 1.165) is 52.4 Å². The van der Waals surface area contributed by atoms with Crippen LogP contribution in [0.4, 0.5) is 0 Å². The molecule has 5 nitrogen and oxygen atoms in total. The number of nitrogens with one attached hydrogen (secondary N) is 2. The molecule has 144 valence electrons. The van der Waals surface area contributed by atoms with E-state index in [1.54, 1.807) is 14.2 Å². The fraction of sp³-hybridized carbons (Fsp3) is 0.364. The zero-order chi connectivity index (χ0) is 19.2. The molecule has 27 heavy (non-hydrogen) atoms. The van der Waals surface area contributed by atoms with Gasteiger partial charge in [0.05, 0.1) is 20.3 Å². The molecule has 1 aromatic heterocycles. The van der Waals surface area contributed by atoms with Crippen LogP contribution in [0.25, 0.3) is 10.9 Å². The van der Waals surface area contributed by atoms with Gasteiger partial charge in [0.15, 0.2) is 11.5 Å². The van der Waals surface area contributed by atoms with Crippen LogP contribution < -0.4 is 19.5 Å². The lowest BCUT2D eigenvalue weighted by Crippen LogP contribution is -2.16. The third-order valence-corrected chi connectivity index (χ3v) is 4.69. The van der Waals surface area contributed by atoms with E-state index < -0.39 is 0 Å². The summed E-state index contributed by atoms with van der Waals surface area (Å²) in [6.07, 6.45) is 1.09. The molecule has 1 atom stereocenters. The van der Waals surface area contributed by atoms with Crippen LogP contribution in [0.2, 0.25) is 0 Å². The van der Waals surface area contributed by atoms with Crippen molar-refractivity contribution < 1.29 is 14.2 Å². The van der Waals surface area contributed by atoms with E-state index in [9.17, 15) is 0 Å². The predicted molar refractivity (Wildman–Crippen MR) is 109 cm³/mol. The molecule has 2 N–H and O–H groups in total. The average molecular weight is 368 g/mol. The van der Waals surface area contributed by atoms with Crippen LogP contribution in [0.3, 0.4) is 0 Å². The summed E-state index contributed by atoms with van der Waals surface area (Å²) in [6.45, 7) is 5.62. The second-order valence-electron chi connectivity index (χ2n) is 6.64. The molecular formula is C22H28N2O3. The molecule has 0 aliphatic carbocycles. The predicted octanol–water partition coefficient (Wildman–Crippen LogP) is 4.65. The molecule has 0 fully saturated rings. The van der Waals surface area contributed by atoms with E-state index in [-0.39, 0.29) is 6.10 Å². The number of para-hydroxylation sites is 1. The Balaban J connectivity index is 1.69. The summed E-state index contributed by atoms with van der Waals surface area (Å²) >= 11 is 0. The Hall–Kier alpha value is -2.66. The molecule has 0 unspecified atom stereocenters. The van der Waals surface area contributed by atoms with E-state index in [4.69, 9.17) is 14.2 Å². The van der Waals surface area contributed by atoms with Crippen molar-refractivity contribution in [3.8, 4) is 17.2 Å². The average Bonchev–Trinajstić information content (AvgIpc) is 3.10. The van der Waals surface area contributed by atoms with E-state index in [2.05, 4.69) is 36.3 Å². The molecule has 3 aromatic rings. The quantitative estimate of drug-likeness (QED) is 0.577. The van der Waals surface area contributed by atoms with E-state index >= 15 is 0 Å². The molecule has 5 heteroatoms. The Morgan fingerprint density at radius 2 is 1.89 bits per heavy atom. The Morgan fingerprint density at radius 1 is 1.04 bits per heavy atom. The van der Waals surface area contributed by atoms with E-state index in [1.165, 1.54) is 0 Å². The van der Waals surface area contributed by atoms with Crippen LogP contribution in [-0.4, -0.2) is 25.3 Å². The number of aromatic amines is 1. The van der Waals surface area contributed by atoms with Crippen molar-refractivity contribution in [2.75, 3.05) is 14.2 Å². The zero-order valence-electron chi connectivity index (χ0n) is 16.5. The Labute approximate surface area is 160 Å². The SMILES string of the molecule is CC[C@@H](C)Oc1c(CNCc2cc3cc(OC)ccc3[nH]2)cccc1OC. The first-order chi connectivity index (χ1) is 13.1. The smallest absolute Gasteiger partial charge is 0.166 e. The highest BCUT2D eigenvalue weighted by molar-refractivity contribution is 5.81. The van der Waals surface area contributed by atoms with Crippen LogP contribution in [0.1, 0.15) is 31.5 Å². The zero-order valence-corrected chi connectivity index (χ0v) is 16.5. The molecular weight excluding hydrogens is 340 g/mol. The molecule has 0 spiro atoms. The van der Waals surface area contributed by atoms with Crippen LogP contribution in [-0.2, 0) is 13.1 Å². The fourth-order valence-corrected chi connectivity index (χ4v) is 3.00. The summed E-state index contributed by atoms with van der Waals surface area (Å²) in [5.41, 5.74) is 3.33. The molecule has 0 bridgehead atoms. The number of aromatic nitrogens is 1. The molecule has 1 heterocycles. The van der Waals surface area contributed by atoms with Gasteiger partial charge in [-0.1, -0.05) is 19.1 Å². The first kappa shape index (κ1) is 19.1. The third-order valence-electron chi connectivity index (χ3n) is 4.69. The highest BCUT2D eigenvalue weighted by Gasteiger charge is 2.13. The number of methoxy groups -OCH3 is 2. The second kappa shape index (κ2) is 8.82. The Kier molecular flexibility index (Phi) is 6.24. The summed E-state index contributed by atoms with van der Waals surface area (Å²) in [5, 5.41) is 4.64. The summed E-state index contributed by atoms with van der Waals surface area (Å²) in [5.74, 6) is 2.46. The van der Waals surface area contributed by atoms with Gasteiger partial charge in [0.1, 0.15) is 5.75 Å². The van der Waals surface area contributed by atoms with Crippen LogP contribution >= 0.6 is 0 Å². The lowest BCUT2D eigenvalue weighted by molar-refractivity contribution is 0.205. The van der Waals surface area contributed by atoms with E-state index in [0.29, 0.717) is 6.54 Å². The monoisotopic (exact) mass is 368 g/mol. The minimum absolute atomic E-state index is 0.142. The summed E-state index contributed by atoms with van der Waals surface area (Å²) < 4.78 is 16.9. The van der Waals surface area contributed by atoms with Crippen molar-refractivity contribution >= 4 is 10.9 Å². The fourth-order valence-electron chi connectivity index (χ4n) is 3.00. The molecule has 2 aromatic carbocycles. The normalized spacial score (nSPS) is 12.1. The lowest BCUT2D eigenvalue weighted by atomic mass is 10.1. The molecule has 0 radical (unpaired) electrons. The van der Waals surface area contributed by atoms with E-state index in [1.807, 2.05) is 30.3 Å². The Bertz CT molecular complexity index is 888. The second-order valence-corrected chi connectivity index (χ2v) is 6.64. The van der Waals surface area contributed by atoms with Crippen LogP contribution in [0.5, 0.6) is 17.2 Å². The maximum Gasteiger partial charge on any atom is 0.166 e. The number of H-pyrrole nitrogens is 1. The molecule has 3 rings (SSSR count). The van der Waals surface area contributed by atoms with Crippen molar-refractivity contribution in [1.29, 1.82) is 0 Å². The van der Waals surface area contributed by atoms with Crippen molar-refractivity contribution in [3.05, 3.63) is 53.7 Å². The molecule has 0 aliphatic heterocycles. The van der Waals surface area contributed by atoms with Crippen molar-refractivity contribution in [2.24, 2.45) is 0 Å². The number of hydrogen-bond acceptors (Lipinski definition) is 4. The standard InChI is InChI=1S/C22H28N2O3/c1-5-15(2)27-22-16(7-6-8-21(22)26-4)13-23-14-18-11-17-12-19(25-3)9-10-20(17)24-18/h6-12,15,23-24H,5,13-14H2,1-4H3/t15-/m1/s1. The van der Waals surface area contributed by atoms with Gasteiger partial charge in [-0.15, -0.1) is 0 Å². The van der Waals surface area contributed by atoms with Crippen molar-refractivity contribution in [1.82, 2.24) is 10.3 Å². The van der Waals surface area contributed by atoms with Gasteiger partial charge in [0, 0.05) is 35.2 Å². The van der Waals surface area contributed by atoms with Crippen LogP contribution in [0, 0.1) is 0 Å². The van der Waals surface area contributed by atoms with Gasteiger partial charge in [0.2, 0.25) is 0 Å². The summed E-state index contributed by atoms with van der Waals surface area (Å²) in [6, 6.07) is 14.2. The first-order valence-electron chi connectivity index (χ1n) is 9.33. The van der Waals surface area contributed by atoms with Gasteiger partial charge in [-0.2, -0.15) is 0 Å². The highest BCUT2D eigenvalue weighted by Crippen LogP contribution is 2.32. The van der Waals surface area contributed by atoms with Gasteiger partial charge in [-0.05, 0) is 43.7 Å². The number of ether oxygens (including phenoxy) is 3. The summed E-state index contributed by atoms with van der Waals surface area (Å²) in [7, 11) is 3.36. The van der Waals surface area contributed by atoms with Gasteiger partial charge < -0.3 is 24.5 Å². The third kappa shape index (κ3) is 4.55. The Morgan fingerprint density at radius 3 is 2.63 bits per heavy atom. The largest absolute Gasteiger partial charge is 0.497 e. The molecule has 0 saturated heterocycles. The number of benzene rings is 2. The van der Waals surface area contributed by atoms with Gasteiger partial charge in [-0.3, -0.25) is 0 Å². The first-order valence-corrected chi connectivity index (χ1v) is 9.33. The van der Waals surface area contributed by atoms with Crippen LogP contribution in [0.15, 0.2) is 42.5 Å². The van der Waals surface area contributed by atoms with Gasteiger partial charge >= 0.3 is 0 Å². The van der Waals surface area contributed by atoms with Crippen molar-refractivity contribution in [3.63, 3.8) is 0 Å². The molecule has 0 aliphatic rings.